The zero-order chi connectivity index (χ0) is 11.5. The fraction of sp³-hybridized carbons (Fsp3) is 0.500. The molecular weight excluding hydrogens is 216 g/mol. The molecule has 1 heterocycles. The number of rotatable bonds is 4. The van der Waals surface area contributed by atoms with E-state index < -0.39 is 0 Å². The van der Waals surface area contributed by atoms with Crippen molar-refractivity contribution in [3.05, 3.63) is 17.3 Å². The number of nitrogens with two attached hydrogens (primary N) is 1. The molecule has 0 aliphatic heterocycles. The van der Waals surface area contributed by atoms with Gasteiger partial charge < -0.3 is 15.6 Å². The van der Waals surface area contributed by atoms with E-state index in [1.165, 1.54) is 6.20 Å². The summed E-state index contributed by atoms with van der Waals surface area (Å²) in [4.78, 5) is 3.86. The van der Waals surface area contributed by atoms with Crippen molar-refractivity contribution in [1.82, 2.24) is 4.98 Å². The molecule has 0 saturated carbocycles. The summed E-state index contributed by atoms with van der Waals surface area (Å²) < 4.78 is 5.44. The lowest BCUT2D eigenvalue weighted by atomic mass is 9.97. The van der Waals surface area contributed by atoms with Gasteiger partial charge in [-0.2, -0.15) is 0 Å². The van der Waals surface area contributed by atoms with Crippen molar-refractivity contribution in [2.75, 3.05) is 18.9 Å². The average molecular weight is 231 g/mol. The van der Waals surface area contributed by atoms with Crippen LogP contribution in [0.15, 0.2) is 12.3 Å². The fourth-order valence-electron chi connectivity index (χ4n) is 0.866. The summed E-state index contributed by atoms with van der Waals surface area (Å²) in [6, 6.07) is 1.61. The second-order valence-corrected chi connectivity index (χ2v) is 4.58. The maximum absolute atomic E-state index is 9.04. The second-order valence-electron chi connectivity index (χ2n) is 4.15. The summed E-state index contributed by atoms with van der Waals surface area (Å²) in [5.41, 5.74) is 5.29. The third-order valence-corrected chi connectivity index (χ3v) is 2.10. The van der Waals surface area contributed by atoms with E-state index in [9.17, 15) is 0 Å². The number of aromatic nitrogens is 1. The summed E-state index contributed by atoms with van der Waals surface area (Å²) in [7, 11) is 0. The molecular formula is C10H15ClN2O2. The lowest BCUT2D eigenvalue weighted by Crippen LogP contribution is -2.25. The lowest BCUT2D eigenvalue weighted by molar-refractivity contribution is 0.0978. The van der Waals surface area contributed by atoms with Crippen LogP contribution in [0.3, 0.4) is 0 Å². The van der Waals surface area contributed by atoms with Crippen LogP contribution in [0.2, 0.25) is 5.02 Å². The molecule has 0 aromatic carbocycles. The second kappa shape index (κ2) is 4.68. The van der Waals surface area contributed by atoms with Crippen LogP contribution in [0.4, 0.5) is 5.82 Å². The normalized spacial score (nSPS) is 11.5. The highest BCUT2D eigenvalue weighted by Gasteiger charge is 2.18. The lowest BCUT2D eigenvalue weighted by Gasteiger charge is -2.22. The number of nitrogen functional groups attached to an aromatic ring is 1. The third-order valence-electron chi connectivity index (χ3n) is 1.89. The van der Waals surface area contributed by atoms with E-state index >= 15 is 0 Å². The number of aliphatic hydroxyl groups is 1. The van der Waals surface area contributed by atoms with Gasteiger partial charge in [-0.05, 0) is 0 Å². The van der Waals surface area contributed by atoms with E-state index in [4.69, 9.17) is 27.2 Å². The Morgan fingerprint density at radius 2 is 2.27 bits per heavy atom. The number of aliphatic hydroxyl groups excluding tert-OH is 1. The van der Waals surface area contributed by atoms with Crippen LogP contribution >= 0.6 is 11.6 Å². The van der Waals surface area contributed by atoms with Gasteiger partial charge in [-0.1, -0.05) is 25.4 Å². The van der Waals surface area contributed by atoms with Gasteiger partial charge in [-0.3, -0.25) is 0 Å². The molecule has 15 heavy (non-hydrogen) atoms. The number of hydrogen-bond donors (Lipinski definition) is 2. The van der Waals surface area contributed by atoms with Gasteiger partial charge in [-0.25, -0.2) is 4.98 Å². The van der Waals surface area contributed by atoms with Gasteiger partial charge in [0.25, 0.3) is 0 Å². The monoisotopic (exact) mass is 230 g/mol. The van der Waals surface area contributed by atoms with Crippen molar-refractivity contribution in [3.63, 3.8) is 0 Å². The first-order valence-electron chi connectivity index (χ1n) is 4.59. The summed E-state index contributed by atoms with van der Waals surface area (Å²) >= 11 is 5.75. The Morgan fingerprint density at radius 1 is 1.60 bits per heavy atom. The molecule has 1 aromatic heterocycles. The van der Waals surface area contributed by atoms with Crippen molar-refractivity contribution < 1.29 is 9.84 Å². The highest BCUT2D eigenvalue weighted by Crippen LogP contribution is 2.25. The maximum atomic E-state index is 9.04. The van der Waals surface area contributed by atoms with E-state index in [0.29, 0.717) is 23.2 Å². The maximum Gasteiger partial charge on any atom is 0.166 e. The molecule has 0 fully saturated rings. The Morgan fingerprint density at radius 3 is 2.87 bits per heavy atom. The molecule has 84 valence electrons. The highest BCUT2D eigenvalue weighted by molar-refractivity contribution is 6.30. The third kappa shape index (κ3) is 3.57. The molecule has 4 nitrogen and oxygen atoms in total. The Bertz CT molecular complexity index is 342. The van der Waals surface area contributed by atoms with E-state index in [1.807, 2.05) is 13.8 Å². The first kappa shape index (κ1) is 12.1. The predicted octanol–water partition coefficient (Wildman–Crippen LogP) is 1.71. The summed E-state index contributed by atoms with van der Waals surface area (Å²) in [5.74, 6) is 0.747. The smallest absolute Gasteiger partial charge is 0.166 e. The van der Waals surface area contributed by atoms with Crippen molar-refractivity contribution in [3.8, 4) is 5.75 Å². The first-order valence-corrected chi connectivity index (χ1v) is 4.97. The molecule has 0 saturated heterocycles. The zero-order valence-electron chi connectivity index (χ0n) is 8.83. The van der Waals surface area contributed by atoms with E-state index in [1.54, 1.807) is 6.07 Å². The fourth-order valence-corrected chi connectivity index (χ4v) is 1.01. The van der Waals surface area contributed by atoms with Gasteiger partial charge in [0.15, 0.2) is 11.6 Å². The predicted molar refractivity (Wildman–Crippen MR) is 60.0 cm³/mol. The molecule has 0 aliphatic carbocycles. The minimum atomic E-state index is -0.311. The molecule has 0 bridgehead atoms. The van der Waals surface area contributed by atoms with Crippen LogP contribution < -0.4 is 10.5 Å². The Labute approximate surface area is 94.0 Å². The first-order chi connectivity index (χ1) is 6.94. The van der Waals surface area contributed by atoms with Crippen LogP contribution in [-0.4, -0.2) is 23.3 Å². The van der Waals surface area contributed by atoms with Crippen LogP contribution in [0.25, 0.3) is 0 Å². The summed E-state index contributed by atoms with van der Waals surface area (Å²) in [6.45, 7) is 4.18. The number of pyridine rings is 1. The molecule has 0 unspecified atom stereocenters. The highest BCUT2D eigenvalue weighted by atomic mass is 35.5. The Kier molecular flexibility index (Phi) is 3.77. The number of anilines is 1. The molecule has 0 spiro atoms. The standard InChI is InChI=1S/C10H15ClN2O2/c1-10(2,5-14)6-15-8-3-7(11)4-13-9(8)12/h3-4,14H,5-6H2,1-2H3,(H2,12,13). The largest absolute Gasteiger partial charge is 0.489 e. The van der Waals surface area contributed by atoms with E-state index in [0.717, 1.165) is 0 Å². The van der Waals surface area contributed by atoms with E-state index in [2.05, 4.69) is 4.98 Å². The quantitative estimate of drug-likeness (QED) is 0.827. The van der Waals surface area contributed by atoms with Crippen molar-refractivity contribution >= 4 is 17.4 Å². The zero-order valence-corrected chi connectivity index (χ0v) is 9.58. The number of halogens is 1. The molecule has 0 amide bonds. The molecule has 3 N–H and O–H groups in total. The van der Waals surface area contributed by atoms with E-state index in [-0.39, 0.29) is 12.0 Å². The van der Waals surface area contributed by atoms with Crippen molar-refractivity contribution in [2.45, 2.75) is 13.8 Å². The Balaban J connectivity index is 2.69. The Hall–Kier alpha value is -1.00. The van der Waals surface area contributed by atoms with Gasteiger partial charge in [0.05, 0.1) is 18.2 Å². The number of ether oxygens (including phenoxy) is 1. The molecule has 1 aromatic rings. The van der Waals surface area contributed by atoms with Crippen LogP contribution in [0.5, 0.6) is 5.75 Å². The molecule has 0 radical (unpaired) electrons. The van der Waals surface area contributed by atoms with Gasteiger partial charge in [0, 0.05) is 17.7 Å². The number of hydrogen-bond acceptors (Lipinski definition) is 4. The number of nitrogens with zero attached hydrogens (tertiary/aromatic N) is 1. The van der Waals surface area contributed by atoms with Crippen molar-refractivity contribution in [2.24, 2.45) is 5.41 Å². The van der Waals surface area contributed by atoms with Crippen LogP contribution in [0, 0.1) is 5.41 Å². The van der Waals surface area contributed by atoms with Crippen molar-refractivity contribution in [1.29, 1.82) is 0 Å². The molecule has 1 rings (SSSR count). The minimum Gasteiger partial charge on any atom is -0.489 e. The van der Waals surface area contributed by atoms with Crippen LogP contribution in [-0.2, 0) is 0 Å². The minimum absolute atomic E-state index is 0.0426. The van der Waals surface area contributed by atoms with Gasteiger partial charge in [0.2, 0.25) is 0 Å². The SMILES string of the molecule is CC(C)(CO)COc1cc(Cl)cnc1N. The molecule has 0 aliphatic rings. The summed E-state index contributed by atoms with van der Waals surface area (Å²) in [6.07, 6.45) is 1.46. The summed E-state index contributed by atoms with van der Waals surface area (Å²) in [5, 5.41) is 9.52. The average Bonchev–Trinajstić information content (AvgIpc) is 2.20. The van der Waals surface area contributed by atoms with Gasteiger partial charge in [0.1, 0.15) is 0 Å². The topological polar surface area (TPSA) is 68.4 Å². The molecule has 5 heteroatoms. The molecule has 0 atom stereocenters. The van der Waals surface area contributed by atoms with Gasteiger partial charge >= 0.3 is 0 Å². The van der Waals surface area contributed by atoms with Gasteiger partial charge in [-0.15, -0.1) is 0 Å². The van der Waals surface area contributed by atoms with Crippen LogP contribution in [0.1, 0.15) is 13.8 Å².